The minimum atomic E-state index is -1.00. The first-order valence-electron chi connectivity index (χ1n) is 11.7. The zero-order valence-electron chi connectivity index (χ0n) is 20.2. The molecule has 36 heavy (non-hydrogen) atoms. The maximum atomic E-state index is 10.9. The second-order valence-electron chi connectivity index (χ2n) is 8.39. The summed E-state index contributed by atoms with van der Waals surface area (Å²) in [6, 6.07) is 22.8. The van der Waals surface area contributed by atoms with E-state index in [1.54, 1.807) is 24.3 Å². The topological polar surface area (TPSA) is 124 Å². The van der Waals surface area contributed by atoms with Gasteiger partial charge in [-0.1, -0.05) is 36.4 Å². The number of nitrogens with one attached hydrogen (secondary N) is 1. The van der Waals surface area contributed by atoms with Gasteiger partial charge in [0.2, 0.25) is 0 Å². The number of aliphatic hydroxyl groups excluding tert-OH is 1. The molecule has 0 bridgehead atoms. The highest BCUT2D eigenvalue weighted by molar-refractivity contribution is 5.99. The number of carbonyl (C=O) groups is 1. The van der Waals surface area contributed by atoms with Gasteiger partial charge in [-0.25, -0.2) is 0 Å². The van der Waals surface area contributed by atoms with E-state index in [2.05, 4.69) is 12.1 Å². The molecule has 0 radical (unpaired) electrons. The first kappa shape index (κ1) is 26.5. The van der Waals surface area contributed by atoms with Gasteiger partial charge in [-0.2, -0.15) is 5.26 Å². The van der Waals surface area contributed by atoms with Crippen molar-refractivity contribution in [2.75, 3.05) is 13.7 Å². The zero-order valence-corrected chi connectivity index (χ0v) is 20.2. The number of hydrogen-bond acceptors (Lipinski definition) is 6. The molecule has 0 saturated heterocycles. The van der Waals surface area contributed by atoms with Crippen molar-refractivity contribution in [3.8, 4) is 17.6 Å². The highest BCUT2D eigenvalue weighted by Crippen LogP contribution is 2.24. The number of nitrogens with zero attached hydrogens (tertiary/aromatic N) is 1. The fraction of sp³-hybridized carbons (Fsp3) is 0.276. The van der Waals surface area contributed by atoms with Gasteiger partial charge in [-0.15, -0.1) is 0 Å². The highest BCUT2D eigenvalue weighted by Gasteiger charge is 2.15. The molecular weight excluding hydrogens is 456 g/mol. The standard InChI is InChI=1S/C28H26N2O4.CH4O/c29-16-24(15-28(31)32)21-8-12-26(13-9-21)33-17-19-4-10-25(11-5-19)34-18-27(30)23-7-6-20-2-1-3-22(20)14-23;1-2/h4-14,24,30H,1-3,15,17-18H2,(H,31,32);2H,1H3. The third-order valence-electron chi connectivity index (χ3n) is 5.98. The lowest BCUT2D eigenvalue weighted by atomic mass is 9.97. The minimum absolute atomic E-state index is 0.215. The van der Waals surface area contributed by atoms with Crippen molar-refractivity contribution in [3.05, 3.63) is 94.5 Å². The van der Waals surface area contributed by atoms with Crippen LogP contribution in [-0.4, -0.2) is 35.6 Å². The molecule has 1 atom stereocenters. The van der Waals surface area contributed by atoms with Crippen molar-refractivity contribution in [1.29, 1.82) is 10.7 Å². The predicted octanol–water partition coefficient (Wildman–Crippen LogP) is 4.89. The second-order valence-corrected chi connectivity index (χ2v) is 8.39. The van der Waals surface area contributed by atoms with E-state index in [1.807, 2.05) is 36.4 Å². The summed E-state index contributed by atoms with van der Waals surface area (Å²) in [5.74, 6) is -0.346. The molecule has 1 unspecified atom stereocenters. The predicted molar refractivity (Wildman–Crippen MR) is 137 cm³/mol. The Morgan fingerprint density at radius 3 is 2.28 bits per heavy atom. The van der Waals surface area contributed by atoms with Gasteiger partial charge in [0, 0.05) is 7.11 Å². The number of benzene rings is 3. The van der Waals surface area contributed by atoms with Crippen LogP contribution in [0.2, 0.25) is 0 Å². The molecular formula is C29H30N2O5. The van der Waals surface area contributed by atoms with Crippen molar-refractivity contribution in [2.24, 2.45) is 0 Å². The fourth-order valence-corrected chi connectivity index (χ4v) is 4.06. The maximum absolute atomic E-state index is 10.9. The number of nitriles is 1. The molecule has 0 aliphatic heterocycles. The SMILES string of the molecule is CO.N#CC(CC(=O)O)c1ccc(OCc2ccc(OCC(=N)c3ccc4c(c3)CCC4)cc2)cc1. The Morgan fingerprint density at radius 2 is 1.61 bits per heavy atom. The molecule has 0 heterocycles. The van der Waals surface area contributed by atoms with E-state index in [-0.39, 0.29) is 13.0 Å². The number of hydrogen-bond donors (Lipinski definition) is 3. The van der Waals surface area contributed by atoms with E-state index in [4.69, 9.17) is 30.4 Å². The molecule has 186 valence electrons. The van der Waals surface area contributed by atoms with Crippen LogP contribution in [0.1, 0.15) is 46.6 Å². The van der Waals surface area contributed by atoms with Crippen LogP contribution in [0.5, 0.6) is 11.5 Å². The molecule has 4 rings (SSSR count). The van der Waals surface area contributed by atoms with E-state index in [0.717, 1.165) is 31.1 Å². The average molecular weight is 487 g/mol. The van der Waals surface area contributed by atoms with Crippen molar-refractivity contribution in [1.82, 2.24) is 0 Å². The Bertz CT molecular complexity index is 1210. The first-order chi connectivity index (χ1) is 17.5. The van der Waals surface area contributed by atoms with Crippen LogP contribution in [0.15, 0.2) is 66.7 Å². The summed E-state index contributed by atoms with van der Waals surface area (Å²) < 4.78 is 11.6. The molecule has 1 aliphatic carbocycles. The smallest absolute Gasteiger partial charge is 0.305 e. The second kappa shape index (κ2) is 13.1. The molecule has 3 aromatic carbocycles. The first-order valence-corrected chi connectivity index (χ1v) is 11.7. The van der Waals surface area contributed by atoms with Crippen LogP contribution in [0.3, 0.4) is 0 Å². The molecule has 0 aromatic heterocycles. The van der Waals surface area contributed by atoms with Gasteiger partial charge < -0.3 is 25.1 Å². The lowest BCUT2D eigenvalue weighted by Crippen LogP contribution is -2.12. The van der Waals surface area contributed by atoms with Gasteiger partial charge in [0.05, 0.1) is 24.1 Å². The number of aliphatic carboxylic acids is 1. The number of ether oxygens (including phenoxy) is 2. The Balaban J connectivity index is 0.00000176. The number of aliphatic hydroxyl groups is 1. The highest BCUT2D eigenvalue weighted by atomic mass is 16.5. The summed E-state index contributed by atoms with van der Waals surface area (Å²) >= 11 is 0. The lowest BCUT2D eigenvalue weighted by molar-refractivity contribution is -0.137. The van der Waals surface area contributed by atoms with Crippen molar-refractivity contribution >= 4 is 11.7 Å². The Morgan fingerprint density at radius 1 is 0.972 bits per heavy atom. The van der Waals surface area contributed by atoms with Crippen LogP contribution < -0.4 is 9.47 Å². The van der Waals surface area contributed by atoms with Gasteiger partial charge in [-0.05, 0) is 77.4 Å². The lowest BCUT2D eigenvalue weighted by Gasteiger charge is -2.11. The molecule has 3 N–H and O–H groups in total. The van der Waals surface area contributed by atoms with Crippen LogP contribution in [0.25, 0.3) is 0 Å². The Hall–Kier alpha value is -4.15. The van der Waals surface area contributed by atoms with Gasteiger partial charge >= 0.3 is 5.97 Å². The molecule has 1 aliphatic rings. The number of fused-ring (bicyclic) bond motifs is 1. The zero-order chi connectivity index (χ0) is 25.9. The van der Waals surface area contributed by atoms with Crippen LogP contribution in [0.4, 0.5) is 0 Å². The van der Waals surface area contributed by atoms with Crippen molar-refractivity contribution in [3.63, 3.8) is 0 Å². The normalized spacial score (nSPS) is 12.4. The van der Waals surface area contributed by atoms with Crippen molar-refractivity contribution < 1.29 is 24.5 Å². The van der Waals surface area contributed by atoms with Crippen LogP contribution in [0, 0.1) is 16.7 Å². The largest absolute Gasteiger partial charge is 0.489 e. The quantitative estimate of drug-likeness (QED) is 0.351. The minimum Gasteiger partial charge on any atom is -0.489 e. The summed E-state index contributed by atoms with van der Waals surface area (Å²) in [7, 11) is 1.00. The molecule has 0 fully saturated rings. The number of carboxylic acid groups (broad SMARTS) is 1. The van der Waals surface area contributed by atoms with Gasteiger partial charge in [0.25, 0.3) is 0 Å². The summed E-state index contributed by atoms with van der Waals surface area (Å²) in [6.45, 7) is 0.577. The summed E-state index contributed by atoms with van der Waals surface area (Å²) in [5, 5.41) is 33.4. The van der Waals surface area contributed by atoms with E-state index in [0.29, 0.717) is 29.4 Å². The van der Waals surface area contributed by atoms with Crippen LogP contribution >= 0.6 is 0 Å². The molecule has 3 aromatic rings. The monoisotopic (exact) mass is 486 g/mol. The Labute approximate surface area is 211 Å². The van der Waals surface area contributed by atoms with E-state index in [1.165, 1.54) is 17.5 Å². The molecule has 7 heteroatoms. The van der Waals surface area contributed by atoms with Crippen molar-refractivity contribution in [2.45, 2.75) is 38.2 Å². The summed E-state index contributed by atoms with van der Waals surface area (Å²) in [6.07, 6.45) is 3.20. The molecule has 0 spiro atoms. The fourth-order valence-electron chi connectivity index (χ4n) is 4.06. The average Bonchev–Trinajstić information content (AvgIpc) is 3.39. The maximum Gasteiger partial charge on any atom is 0.305 e. The van der Waals surface area contributed by atoms with E-state index in [9.17, 15) is 4.79 Å². The number of aryl methyl sites for hydroxylation is 2. The van der Waals surface area contributed by atoms with E-state index >= 15 is 0 Å². The molecule has 0 saturated carbocycles. The molecule has 7 nitrogen and oxygen atoms in total. The third kappa shape index (κ3) is 7.17. The number of rotatable bonds is 10. The summed E-state index contributed by atoms with van der Waals surface area (Å²) in [4.78, 5) is 10.9. The third-order valence-corrected chi connectivity index (χ3v) is 5.98. The summed E-state index contributed by atoms with van der Waals surface area (Å²) in [5.41, 5.74) is 5.76. The van der Waals surface area contributed by atoms with Gasteiger partial charge in [0.1, 0.15) is 24.7 Å². The van der Waals surface area contributed by atoms with Crippen LogP contribution in [-0.2, 0) is 24.2 Å². The number of carboxylic acids is 1. The van der Waals surface area contributed by atoms with Gasteiger partial charge in [0.15, 0.2) is 0 Å². The Kier molecular flexibility index (Phi) is 9.61. The van der Waals surface area contributed by atoms with Gasteiger partial charge in [-0.3, -0.25) is 4.79 Å². The molecule has 0 amide bonds. The van der Waals surface area contributed by atoms with E-state index < -0.39 is 11.9 Å².